The Hall–Kier alpha value is -2.30. The van der Waals surface area contributed by atoms with Gasteiger partial charge in [-0.2, -0.15) is 0 Å². The third-order valence-corrected chi connectivity index (χ3v) is 14.7. The molecule has 2 aromatic carbocycles. The van der Waals surface area contributed by atoms with E-state index in [4.69, 9.17) is 9.31 Å². The van der Waals surface area contributed by atoms with Crippen LogP contribution >= 0.6 is 61.3 Å². The molecule has 0 N–H and O–H groups in total. The van der Waals surface area contributed by atoms with E-state index in [0.717, 1.165) is 9.25 Å². The third kappa shape index (κ3) is 15.8. The van der Waals surface area contributed by atoms with Crippen molar-refractivity contribution in [1.82, 2.24) is 0 Å². The minimum absolute atomic E-state index is 0.200. The van der Waals surface area contributed by atoms with Gasteiger partial charge in [0.25, 0.3) is 0 Å². The van der Waals surface area contributed by atoms with Crippen LogP contribution < -0.4 is 4.78 Å². The lowest BCUT2D eigenvalue weighted by molar-refractivity contribution is 0.292. The number of unbranched alkanes of at least 4 members (excludes halogenated alkanes) is 6. The molecule has 4 aromatic heterocycles. The Bertz CT molecular complexity index is 1900. The van der Waals surface area contributed by atoms with Crippen molar-refractivity contribution in [3.05, 3.63) is 121 Å². The molecular formula is C48H62BBrO2S4. The van der Waals surface area contributed by atoms with Gasteiger partial charge in [-0.1, -0.05) is 137 Å². The normalized spacial score (nSPS) is 10.8. The predicted molar refractivity (Wildman–Crippen MR) is 258 cm³/mol. The topological polar surface area (TPSA) is 18.5 Å². The Morgan fingerprint density at radius 1 is 0.411 bits per heavy atom. The van der Waals surface area contributed by atoms with E-state index in [1.807, 2.05) is 34.0 Å². The summed E-state index contributed by atoms with van der Waals surface area (Å²) >= 11 is 11.0. The summed E-state index contributed by atoms with van der Waals surface area (Å²) in [7, 11) is 3.15. The number of hydrogen-bond acceptors (Lipinski definition) is 6. The molecular weight excluding hydrogens is 828 g/mol. The molecule has 6 aromatic rings. The number of halogens is 1. The molecule has 0 fully saturated rings. The minimum Gasteiger partial charge on any atom is -0.410 e. The Morgan fingerprint density at radius 2 is 0.786 bits per heavy atom. The van der Waals surface area contributed by atoms with Crippen LogP contribution in [0.2, 0.25) is 0 Å². The van der Waals surface area contributed by atoms with Gasteiger partial charge in [-0.3, -0.25) is 0 Å². The lowest BCUT2D eigenvalue weighted by Crippen LogP contribution is -2.32. The zero-order chi connectivity index (χ0) is 40.0. The zero-order valence-electron chi connectivity index (χ0n) is 34.5. The zero-order valence-corrected chi connectivity index (χ0v) is 39.4. The van der Waals surface area contributed by atoms with E-state index in [1.165, 1.54) is 141 Å². The number of rotatable bonds is 20. The van der Waals surface area contributed by atoms with Crippen molar-refractivity contribution in [2.75, 3.05) is 14.2 Å². The molecule has 0 aliphatic heterocycles. The average molecular weight is 890 g/mol. The summed E-state index contributed by atoms with van der Waals surface area (Å²) in [5.74, 6) is 0. The highest BCUT2D eigenvalue weighted by atomic mass is 79.9. The van der Waals surface area contributed by atoms with Crippen molar-refractivity contribution in [3.8, 4) is 31.3 Å². The summed E-state index contributed by atoms with van der Waals surface area (Å²) in [5, 5.41) is 0. The SMILES string of the molecule is CCCCCCc1ccc(-c2ccc(-c3ccc(CCC)s3)cc2)s1.CCCCCCc1ccc(B(OC)OC)s1.CCCc1ccc(-c2ccc(Br)cc2)s1. The van der Waals surface area contributed by atoms with Crippen LogP contribution in [0, 0.1) is 0 Å². The summed E-state index contributed by atoms with van der Waals surface area (Å²) in [6, 6.07) is 35.5. The van der Waals surface area contributed by atoms with E-state index < -0.39 is 0 Å². The molecule has 0 unspecified atom stereocenters. The van der Waals surface area contributed by atoms with Crippen molar-refractivity contribution >= 4 is 73.2 Å². The first-order valence-corrected chi connectivity index (χ1v) is 24.7. The Labute approximate surface area is 364 Å². The molecule has 300 valence electrons. The summed E-state index contributed by atoms with van der Waals surface area (Å²) in [5.41, 5.74) is 4.00. The van der Waals surface area contributed by atoms with Gasteiger partial charge >= 0.3 is 7.12 Å². The largest absolute Gasteiger partial charge is 0.504 e. The van der Waals surface area contributed by atoms with Gasteiger partial charge in [0.05, 0.1) is 0 Å². The van der Waals surface area contributed by atoms with Crippen molar-refractivity contribution in [1.29, 1.82) is 0 Å². The molecule has 56 heavy (non-hydrogen) atoms. The maximum atomic E-state index is 5.23. The molecule has 0 saturated carbocycles. The first-order valence-electron chi connectivity index (χ1n) is 20.7. The van der Waals surface area contributed by atoms with E-state index in [2.05, 4.69) is 141 Å². The highest BCUT2D eigenvalue weighted by molar-refractivity contribution is 9.10. The van der Waals surface area contributed by atoms with Gasteiger partial charge in [-0.15, -0.1) is 45.3 Å². The Kier molecular flexibility index (Phi) is 22.1. The minimum atomic E-state index is -0.200. The molecule has 8 heteroatoms. The maximum absolute atomic E-state index is 5.23. The summed E-state index contributed by atoms with van der Waals surface area (Å²) < 4.78 is 12.8. The van der Waals surface area contributed by atoms with E-state index >= 15 is 0 Å². The molecule has 0 amide bonds. The van der Waals surface area contributed by atoms with E-state index in [0.29, 0.717) is 0 Å². The Morgan fingerprint density at radius 3 is 1.18 bits per heavy atom. The maximum Gasteiger partial charge on any atom is 0.504 e. The number of thiophene rings is 4. The molecule has 0 aliphatic rings. The van der Waals surface area contributed by atoms with E-state index in [1.54, 1.807) is 25.6 Å². The van der Waals surface area contributed by atoms with Crippen LogP contribution in [0.15, 0.2) is 102 Å². The monoisotopic (exact) mass is 888 g/mol. The Balaban J connectivity index is 0.000000196. The molecule has 0 radical (unpaired) electrons. The number of benzene rings is 2. The molecule has 0 atom stereocenters. The number of aryl methyl sites for hydroxylation is 4. The van der Waals surface area contributed by atoms with Crippen molar-refractivity contribution in [2.24, 2.45) is 0 Å². The highest BCUT2D eigenvalue weighted by Crippen LogP contribution is 2.34. The summed E-state index contributed by atoms with van der Waals surface area (Å²) in [4.78, 5) is 10.1. The second kappa shape index (κ2) is 26.7. The molecule has 4 heterocycles. The van der Waals surface area contributed by atoms with Crippen LogP contribution in [0.5, 0.6) is 0 Å². The van der Waals surface area contributed by atoms with Gasteiger partial charge in [0.15, 0.2) is 0 Å². The van der Waals surface area contributed by atoms with Gasteiger partial charge in [-0.05, 0) is 110 Å². The van der Waals surface area contributed by atoms with Gasteiger partial charge < -0.3 is 9.31 Å². The standard InChI is InChI=1S/C23H28S2.C13H13BrS.C12H21BO2S/c1-3-5-6-7-9-21-15-17-23(25-21)19-12-10-18(11-13-19)22-16-14-20(24-22)8-4-2;1-2-3-12-8-9-13(15-12)10-4-6-11(14)7-5-10;1-4-5-6-7-8-11-9-10-12(16-11)13(14-2)15-3/h10-17H,3-9H2,1-2H3;4-9H,2-3H2,1H3;9-10H,4-8H2,1-3H3. The molecule has 0 aliphatic carbocycles. The lowest BCUT2D eigenvalue weighted by Gasteiger charge is -2.04. The fraction of sp³-hybridized carbons (Fsp3) is 0.417. The molecule has 6 rings (SSSR count). The van der Waals surface area contributed by atoms with Gasteiger partial charge in [0, 0.05) is 57.6 Å². The fourth-order valence-electron chi connectivity index (χ4n) is 6.34. The first kappa shape index (κ1) is 46.4. The van der Waals surface area contributed by atoms with Crippen LogP contribution in [-0.2, 0) is 35.0 Å². The summed E-state index contributed by atoms with van der Waals surface area (Å²) in [6.07, 6.45) is 17.9. The van der Waals surface area contributed by atoms with Crippen LogP contribution in [-0.4, -0.2) is 21.3 Å². The second-order valence-corrected chi connectivity index (χ2v) is 19.7. The third-order valence-electron chi connectivity index (χ3n) is 9.46. The van der Waals surface area contributed by atoms with Crippen molar-refractivity contribution in [3.63, 3.8) is 0 Å². The molecule has 0 bridgehead atoms. The fourth-order valence-corrected chi connectivity index (χ4v) is 11.0. The van der Waals surface area contributed by atoms with Crippen LogP contribution in [0.4, 0.5) is 0 Å². The molecule has 0 spiro atoms. The summed E-state index contributed by atoms with van der Waals surface area (Å²) in [6.45, 7) is 8.98. The second-order valence-electron chi connectivity index (χ2n) is 14.1. The van der Waals surface area contributed by atoms with Crippen molar-refractivity contribution < 1.29 is 9.31 Å². The van der Waals surface area contributed by atoms with Gasteiger partial charge in [0.1, 0.15) is 0 Å². The molecule has 2 nitrogen and oxygen atoms in total. The van der Waals surface area contributed by atoms with Crippen LogP contribution in [0.25, 0.3) is 31.3 Å². The van der Waals surface area contributed by atoms with Gasteiger partial charge in [0.2, 0.25) is 0 Å². The van der Waals surface area contributed by atoms with Crippen LogP contribution in [0.1, 0.15) is 111 Å². The van der Waals surface area contributed by atoms with Crippen molar-refractivity contribution in [2.45, 2.75) is 118 Å². The quantitative estimate of drug-likeness (QED) is 0.0562. The van der Waals surface area contributed by atoms with E-state index in [9.17, 15) is 0 Å². The predicted octanol–water partition coefficient (Wildman–Crippen LogP) is 16.2. The highest BCUT2D eigenvalue weighted by Gasteiger charge is 2.20. The smallest absolute Gasteiger partial charge is 0.410 e. The number of hydrogen-bond donors (Lipinski definition) is 0. The van der Waals surface area contributed by atoms with E-state index in [-0.39, 0.29) is 7.12 Å². The molecule has 0 saturated heterocycles. The average Bonchev–Trinajstić information content (AvgIpc) is 4.06. The van der Waals surface area contributed by atoms with Gasteiger partial charge in [-0.25, -0.2) is 0 Å². The lowest BCUT2D eigenvalue weighted by atomic mass is 9.88. The first-order chi connectivity index (χ1) is 27.4. The van der Waals surface area contributed by atoms with Crippen LogP contribution in [0.3, 0.4) is 0 Å².